The lowest BCUT2D eigenvalue weighted by Crippen LogP contribution is -2.40. The number of anilines is 2. The van der Waals surface area contributed by atoms with E-state index in [1.807, 2.05) is 30.3 Å². The first-order valence-corrected chi connectivity index (χ1v) is 10.3. The second-order valence-corrected chi connectivity index (χ2v) is 7.18. The standard InChI is InChI=1S/C23H27FN4O4/c1-31-14-7-12-27(13-15-32-19-11-6-5-10-18(19)24)20-21(25)28(23(30)26-22(20)29)16-17-8-3-2-4-9-17/h2-6,8-11H,7,12-16,25H2,1H3,(H,26,29,30). The van der Waals surface area contributed by atoms with Crippen LogP contribution in [0.5, 0.6) is 5.75 Å². The predicted octanol–water partition coefficient (Wildman–Crippen LogP) is 2.23. The summed E-state index contributed by atoms with van der Waals surface area (Å²) in [4.78, 5) is 29.2. The van der Waals surface area contributed by atoms with E-state index in [1.54, 1.807) is 24.1 Å². The minimum Gasteiger partial charge on any atom is -0.489 e. The summed E-state index contributed by atoms with van der Waals surface area (Å²) in [6, 6.07) is 15.4. The minimum atomic E-state index is -0.584. The number of nitrogens with zero attached hydrogens (tertiary/aromatic N) is 2. The zero-order chi connectivity index (χ0) is 22.9. The zero-order valence-corrected chi connectivity index (χ0v) is 17.9. The Bertz CT molecular complexity index is 1130. The molecule has 2 aromatic carbocycles. The molecule has 32 heavy (non-hydrogen) atoms. The average molecular weight is 442 g/mol. The van der Waals surface area contributed by atoms with Crippen LogP contribution in [0.4, 0.5) is 15.9 Å². The normalized spacial score (nSPS) is 10.8. The maximum Gasteiger partial charge on any atom is 0.330 e. The lowest BCUT2D eigenvalue weighted by atomic mass is 10.2. The molecule has 3 rings (SSSR count). The van der Waals surface area contributed by atoms with Crippen LogP contribution in [0, 0.1) is 5.82 Å². The van der Waals surface area contributed by atoms with Crippen molar-refractivity contribution in [3.05, 3.63) is 86.8 Å². The molecule has 0 spiro atoms. The molecule has 0 fully saturated rings. The number of aromatic nitrogens is 2. The largest absolute Gasteiger partial charge is 0.489 e. The third-order valence-corrected chi connectivity index (χ3v) is 4.95. The number of benzene rings is 2. The van der Waals surface area contributed by atoms with Crippen molar-refractivity contribution in [2.45, 2.75) is 13.0 Å². The van der Waals surface area contributed by atoms with Crippen LogP contribution in [0.15, 0.2) is 64.2 Å². The van der Waals surface area contributed by atoms with Gasteiger partial charge in [0.25, 0.3) is 5.56 Å². The summed E-state index contributed by atoms with van der Waals surface area (Å²) in [6.45, 7) is 1.50. The van der Waals surface area contributed by atoms with E-state index in [2.05, 4.69) is 4.98 Å². The summed E-state index contributed by atoms with van der Waals surface area (Å²) in [6.07, 6.45) is 0.618. The second-order valence-electron chi connectivity index (χ2n) is 7.18. The van der Waals surface area contributed by atoms with E-state index < -0.39 is 17.1 Å². The number of aromatic amines is 1. The molecule has 0 unspecified atom stereocenters. The van der Waals surface area contributed by atoms with E-state index >= 15 is 0 Å². The van der Waals surface area contributed by atoms with Gasteiger partial charge in [0.2, 0.25) is 0 Å². The molecule has 9 heteroatoms. The van der Waals surface area contributed by atoms with Gasteiger partial charge in [-0.25, -0.2) is 9.18 Å². The van der Waals surface area contributed by atoms with E-state index in [1.165, 1.54) is 16.7 Å². The summed E-state index contributed by atoms with van der Waals surface area (Å²) < 4.78 is 25.9. The molecule has 0 aliphatic rings. The maximum atomic E-state index is 13.8. The molecular weight excluding hydrogens is 415 g/mol. The number of hydrogen-bond donors (Lipinski definition) is 2. The van der Waals surface area contributed by atoms with Crippen LogP contribution in [0.1, 0.15) is 12.0 Å². The van der Waals surface area contributed by atoms with Gasteiger partial charge >= 0.3 is 5.69 Å². The van der Waals surface area contributed by atoms with Gasteiger partial charge in [-0.15, -0.1) is 0 Å². The van der Waals surface area contributed by atoms with Crippen molar-refractivity contribution in [1.29, 1.82) is 0 Å². The Morgan fingerprint density at radius 2 is 1.75 bits per heavy atom. The predicted molar refractivity (Wildman–Crippen MR) is 122 cm³/mol. The quantitative estimate of drug-likeness (QED) is 0.442. The highest BCUT2D eigenvalue weighted by atomic mass is 19.1. The van der Waals surface area contributed by atoms with Gasteiger partial charge in [0.15, 0.2) is 11.6 Å². The van der Waals surface area contributed by atoms with E-state index in [4.69, 9.17) is 15.2 Å². The van der Waals surface area contributed by atoms with Gasteiger partial charge in [-0.3, -0.25) is 14.3 Å². The summed E-state index contributed by atoms with van der Waals surface area (Å²) >= 11 is 0. The minimum absolute atomic E-state index is 0.0610. The summed E-state index contributed by atoms with van der Waals surface area (Å²) in [5.41, 5.74) is 6.19. The van der Waals surface area contributed by atoms with Gasteiger partial charge in [-0.1, -0.05) is 42.5 Å². The van der Waals surface area contributed by atoms with E-state index in [-0.39, 0.29) is 37.0 Å². The van der Waals surface area contributed by atoms with Crippen molar-refractivity contribution in [3.8, 4) is 5.75 Å². The molecule has 1 aromatic heterocycles. The Hall–Kier alpha value is -3.59. The topological polar surface area (TPSA) is 103 Å². The van der Waals surface area contributed by atoms with Gasteiger partial charge < -0.3 is 20.1 Å². The molecule has 0 radical (unpaired) electrons. The number of H-pyrrole nitrogens is 1. The van der Waals surface area contributed by atoms with Crippen molar-refractivity contribution in [2.75, 3.05) is 44.0 Å². The highest BCUT2D eigenvalue weighted by molar-refractivity contribution is 5.62. The number of halogens is 1. The molecule has 0 saturated carbocycles. The molecule has 0 aliphatic heterocycles. The Labute approximate surface area is 185 Å². The SMILES string of the molecule is COCCCN(CCOc1ccccc1F)c1c(N)n(Cc2ccccc2)c(=O)[nH]c1=O. The summed E-state index contributed by atoms with van der Waals surface area (Å²) in [5, 5.41) is 0. The van der Waals surface area contributed by atoms with Gasteiger partial charge in [0, 0.05) is 20.3 Å². The van der Waals surface area contributed by atoms with Crippen LogP contribution < -0.4 is 26.6 Å². The second kappa shape index (κ2) is 11.1. The van der Waals surface area contributed by atoms with Crippen LogP contribution in [0.25, 0.3) is 0 Å². The van der Waals surface area contributed by atoms with Crippen molar-refractivity contribution in [2.24, 2.45) is 0 Å². The molecule has 170 valence electrons. The van der Waals surface area contributed by atoms with Crippen LogP contribution >= 0.6 is 0 Å². The molecule has 0 amide bonds. The first-order valence-electron chi connectivity index (χ1n) is 10.3. The van der Waals surface area contributed by atoms with Crippen molar-refractivity contribution >= 4 is 11.5 Å². The summed E-state index contributed by atoms with van der Waals surface area (Å²) in [7, 11) is 1.59. The monoisotopic (exact) mass is 442 g/mol. The first kappa shape index (κ1) is 23.1. The fourth-order valence-corrected chi connectivity index (χ4v) is 3.37. The molecule has 3 N–H and O–H groups in total. The number of nitrogens with one attached hydrogen (secondary N) is 1. The number of para-hydroxylation sites is 1. The molecule has 0 bridgehead atoms. The number of ether oxygens (including phenoxy) is 2. The van der Waals surface area contributed by atoms with Gasteiger partial charge in [-0.05, 0) is 24.1 Å². The van der Waals surface area contributed by atoms with Crippen LogP contribution in [0.3, 0.4) is 0 Å². The number of nitrogens with two attached hydrogens (primary N) is 1. The molecule has 0 saturated heterocycles. The molecular formula is C23H27FN4O4. The van der Waals surface area contributed by atoms with Gasteiger partial charge in [0.05, 0.1) is 13.1 Å². The molecule has 3 aromatic rings. The molecule has 1 heterocycles. The highest BCUT2D eigenvalue weighted by Gasteiger charge is 2.19. The fourth-order valence-electron chi connectivity index (χ4n) is 3.37. The van der Waals surface area contributed by atoms with Crippen LogP contribution in [-0.4, -0.2) is 43.0 Å². The van der Waals surface area contributed by atoms with Crippen LogP contribution in [-0.2, 0) is 11.3 Å². The highest BCUT2D eigenvalue weighted by Crippen LogP contribution is 2.19. The van der Waals surface area contributed by atoms with Crippen molar-refractivity contribution in [3.63, 3.8) is 0 Å². The van der Waals surface area contributed by atoms with E-state index in [9.17, 15) is 14.0 Å². The first-order chi connectivity index (χ1) is 15.5. The Morgan fingerprint density at radius 3 is 2.47 bits per heavy atom. The smallest absolute Gasteiger partial charge is 0.330 e. The number of methoxy groups -OCH3 is 1. The molecule has 0 aliphatic carbocycles. The van der Waals surface area contributed by atoms with Crippen molar-refractivity contribution < 1.29 is 13.9 Å². The Kier molecular flexibility index (Phi) is 8.04. The van der Waals surface area contributed by atoms with Crippen LogP contribution in [0.2, 0.25) is 0 Å². The van der Waals surface area contributed by atoms with Gasteiger partial charge in [-0.2, -0.15) is 0 Å². The zero-order valence-electron chi connectivity index (χ0n) is 17.9. The van der Waals surface area contributed by atoms with E-state index in [0.29, 0.717) is 19.6 Å². The fraction of sp³-hybridized carbons (Fsp3) is 0.304. The Morgan fingerprint density at radius 1 is 1.03 bits per heavy atom. The average Bonchev–Trinajstić information content (AvgIpc) is 2.78. The number of hydrogen-bond acceptors (Lipinski definition) is 6. The Balaban J connectivity index is 1.87. The third-order valence-electron chi connectivity index (χ3n) is 4.95. The lowest BCUT2D eigenvalue weighted by Gasteiger charge is -2.26. The van der Waals surface area contributed by atoms with Gasteiger partial charge in [0.1, 0.15) is 18.1 Å². The number of rotatable bonds is 11. The third kappa shape index (κ3) is 5.76. The van der Waals surface area contributed by atoms with Crippen molar-refractivity contribution in [1.82, 2.24) is 9.55 Å². The lowest BCUT2D eigenvalue weighted by molar-refractivity contribution is 0.195. The molecule has 0 atom stereocenters. The van der Waals surface area contributed by atoms with E-state index in [0.717, 1.165) is 5.56 Å². The molecule has 8 nitrogen and oxygen atoms in total. The maximum absolute atomic E-state index is 13.8. The number of nitrogen functional groups attached to an aromatic ring is 1. The summed E-state index contributed by atoms with van der Waals surface area (Å²) in [5.74, 6) is -0.279.